The molecule has 1 rings (SSSR count). The van der Waals surface area contributed by atoms with Gasteiger partial charge in [-0.2, -0.15) is 11.8 Å². The zero-order valence-corrected chi connectivity index (χ0v) is 13.0. The number of rotatable bonds is 5. The van der Waals surface area contributed by atoms with Gasteiger partial charge in [0, 0.05) is 18.2 Å². The average molecular weight is 287 g/mol. The van der Waals surface area contributed by atoms with E-state index in [9.17, 15) is 9.59 Å². The largest absolute Gasteiger partial charge is 0.460 e. The van der Waals surface area contributed by atoms with Gasteiger partial charge in [-0.15, -0.1) is 0 Å². The van der Waals surface area contributed by atoms with Crippen molar-refractivity contribution in [2.24, 2.45) is 0 Å². The SMILES string of the molecule is CC(C)(C)OC(=O)CCC(=O)NCC1CCCCS1. The van der Waals surface area contributed by atoms with Gasteiger partial charge in [0.2, 0.25) is 5.91 Å². The van der Waals surface area contributed by atoms with Crippen molar-refractivity contribution in [3.8, 4) is 0 Å². The van der Waals surface area contributed by atoms with Crippen molar-refractivity contribution in [3.05, 3.63) is 0 Å². The molecule has 4 nitrogen and oxygen atoms in total. The van der Waals surface area contributed by atoms with Crippen LogP contribution in [0, 0.1) is 0 Å². The standard InChI is InChI=1S/C14H25NO3S/c1-14(2,3)18-13(17)8-7-12(16)15-10-11-6-4-5-9-19-11/h11H,4-10H2,1-3H3,(H,15,16). The van der Waals surface area contributed by atoms with Crippen molar-refractivity contribution in [3.63, 3.8) is 0 Å². The zero-order chi connectivity index (χ0) is 14.3. The summed E-state index contributed by atoms with van der Waals surface area (Å²) < 4.78 is 5.16. The molecular weight excluding hydrogens is 262 g/mol. The fourth-order valence-electron chi connectivity index (χ4n) is 1.89. The molecule has 1 aliphatic rings. The average Bonchev–Trinajstić information content (AvgIpc) is 2.33. The monoisotopic (exact) mass is 287 g/mol. The second-order valence-electron chi connectivity index (χ2n) is 5.88. The van der Waals surface area contributed by atoms with E-state index in [1.165, 1.54) is 25.0 Å². The van der Waals surface area contributed by atoms with Gasteiger partial charge in [0.05, 0.1) is 6.42 Å². The van der Waals surface area contributed by atoms with E-state index in [1.54, 1.807) is 0 Å². The lowest BCUT2D eigenvalue weighted by Gasteiger charge is -2.21. The molecule has 1 amide bonds. The number of nitrogens with one attached hydrogen (secondary N) is 1. The lowest BCUT2D eigenvalue weighted by Crippen LogP contribution is -2.32. The van der Waals surface area contributed by atoms with E-state index in [0.29, 0.717) is 5.25 Å². The van der Waals surface area contributed by atoms with Crippen molar-refractivity contribution < 1.29 is 14.3 Å². The minimum Gasteiger partial charge on any atom is -0.460 e. The molecule has 5 heteroatoms. The highest BCUT2D eigenvalue weighted by Crippen LogP contribution is 2.24. The molecule has 1 N–H and O–H groups in total. The quantitative estimate of drug-likeness (QED) is 0.789. The molecule has 1 heterocycles. The van der Waals surface area contributed by atoms with E-state index in [1.807, 2.05) is 32.5 Å². The highest BCUT2D eigenvalue weighted by molar-refractivity contribution is 7.99. The molecule has 1 fully saturated rings. The minimum absolute atomic E-state index is 0.0583. The molecule has 0 aromatic carbocycles. The third kappa shape index (κ3) is 8.14. The summed E-state index contributed by atoms with van der Waals surface area (Å²) in [6.45, 7) is 6.19. The summed E-state index contributed by atoms with van der Waals surface area (Å²) in [5, 5.41) is 3.44. The van der Waals surface area contributed by atoms with Gasteiger partial charge in [0.15, 0.2) is 0 Å². The van der Waals surface area contributed by atoms with Gasteiger partial charge in [-0.05, 0) is 39.4 Å². The molecule has 0 spiro atoms. The molecule has 19 heavy (non-hydrogen) atoms. The summed E-state index contributed by atoms with van der Waals surface area (Å²) in [5.74, 6) is 0.824. The van der Waals surface area contributed by atoms with E-state index in [0.717, 1.165) is 6.54 Å². The van der Waals surface area contributed by atoms with Gasteiger partial charge < -0.3 is 10.1 Å². The lowest BCUT2D eigenvalue weighted by molar-refractivity contribution is -0.155. The normalized spacial score (nSPS) is 19.8. The molecule has 0 aliphatic carbocycles. The van der Waals surface area contributed by atoms with E-state index in [4.69, 9.17) is 4.74 Å². The molecule has 0 saturated carbocycles. The molecule has 1 saturated heterocycles. The van der Waals surface area contributed by atoms with E-state index < -0.39 is 5.60 Å². The number of ether oxygens (including phenoxy) is 1. The Morgan fingerprint density at radius 3 is 2.58 bits per heavy atom. The highest BCUT2D eigenvalue weighted by atomic mass is 32.2. The van der Waals surface area contributed by atoms with Crippen molar-refractivity contribution in [1.82, 2.24) is 5.32 Å². The van der Waals surface area contributed by atoms with Crippen LogP contribution in [0.25, 0.3) is 0 Å². The fourth-order valence-corrected chi connectivity index (χ4v) is 3.13. The molecule has 1 aliphatic heterocycles. The van der Waals surface area contributed by atoms with Crippen LogP contribution in [-0.4, -0.2) is 35.0 Å². The number of amides is 1. The molecule has 1 atom stereocenters. The first-order valence-corrected chi connectivity index (χ1v) is 8.02. The zero-order valence-electron chi connectivity index (χ0n) is 12.2. The van der Waals surface area contributed by atoms with Crippen molar-refractivity contribution in [1.29, 1.82) is 0 Å². The summed E-state index contributed by atoms with van der Waals surface area (Å²) in [4.78, 5) is 23.1. The second kappa shape index (κ2) is 7.78. The van der Waals surface area contributed by atoms with Crippen LogP contribution >= 0.6 is 11.8 Å². The number of carbonyl (C=O) groups excluding carboxylic acids is 2. The van der Waals surface area contributed by atoms with Gasteiger partial charge in [-0.3, -0.25) is 9.59 Å². The Morgan fingerprint density at radius 1 is 1.26 bits per heavy atom. The number of hydrogen-bond acceptors (Lipinski definition) is 4. The van der Waals surface area contributed by atoms with Crippen molar-refractivity contribution >= 4 is 23.6 Å². The van der Waals surface area contributed by atoms with Crippen LogP contribution in [0.3, 0.4) is 0 Å². The number of thioether (sulfide) groups is 1. The van der Waals surface area contributed by atoms with E-state index >= 15 is 0 Å². The number of hydrogen-bond donors (Lipinski definition) is 1. The first-order valence-electron chi connectivity index (χ1n) is 6.97. The molecule has 0 aromatic heterocycles. The summed E-state index contributed by atoms with van der Waals surface area (Å²) >= 11 is 1.93. The van der Waals surface area contributed by atoms with Crippen molar-refractivity contribution in [2.45, 2.75) is 63.7 Å². The van der Waals surface area contributed by atoms with Gasteiger partial charge in [0.1, 0.15) is 5.60 Å². The van der Waals surface area contributed by atoms with Crippen molar-refractivity contribution in [2.75, 3.05) is 12.3 Å². The Balaban J connectivity index is 2.12. The van der Waals surface area contributed by atoms with E-state index in [2.05, 4.69) is 5.32 Å². The summed E-state index contributed by atoms with van der Waals surface area (Å²) in [5.41, 5.74) is -0.480. The van der Waals surface area contributed by atoms with Crippen LogP contribution in [0.2, 0.25) is 0 Å². The number of carbonyl (C=O) groups is 2. The van der Waals surface area contributed by atoms with Gasteiger partial charge >= 0.3 is 5.97 Å². The molecular formula is C14H25NO3S. The van der Waals surface area contributed by atoms with Gasteiger partial charge in [-0.25, -0.2) is 0 Å². The highest BCUT2D eigenvalue weighted by Gasteiger charge is 2.18. The Labute approximate surface area is 120 Å². The Kier molecular flexibility index (Phi) is 6.69. The molecule has 1 unspecified atom stereocenters. The van der Waals surface area contributed by atoms with Crippen LogP contribution in [0.4, 0.5) is 0 Å². The van der Waals surface area contributed by atoms with E-state index in [-0.39, 0.29) is 24.7 Å². The molecule has 0 radical (unpaired) electrons. The maximum Gasteiger partial charge on any atom is 0.306 e. The topological polar surface area (TPSA) is 55.4 Å². The molecule has 0 bridgehead atoms. The smallest absolute Gasteiger partial charge is 0.306 e. The fraction of sp³-hybridized carbons (Fsp3) is 0.857. The molecule has 110 valence electrons. The van der Waals surface area contributed by atoms with Gasteiger partial charge in [-0.1, -0.05) is 6.42 Å². The summed E-state index contributed by atoms with van der Waals surface area (Å²) in [6.07, 6.45) is 4.09. The summed E-state index contributed by atoms with van der Waals surface area (Å²) in [7, 11) is 0. The maximum atomic E-state index is 11.6. The Bertz CT molecular complexity index is 306. The Hall–Kier alpha value is -0.710. The van der Waals surface area contributed by atoms with Crippen LogP contribution in [0.5, 0.6) is 0 Å². The Morgan fingerprint density at radius 2 is 2.00 bits per heavy atom. The maximum absolute atomic E-state index is 11.6. The second-order valence-corrected chi connectivity index (χ2v) is 7.29. The predicted octanol–water partition coefficient (Wildman–Crippen LogP) is 2.51. The first-order chi connectivity index (χ1) is 8.87. The van der Waals surface area contributed by atoms with Crippen LogP contribution in [-0.2, 0) is 14.3 Å². The lowest BCUT2D eigenvalue weighted by atomic mass is 10.2. The first kappa shape index (κ1) is 16.3. The molecule has 0 aromatic rings. The van der Waals surface area contributed by atoms with Crippen LogP contribution in [0.15, 0.2) is 0 Å². The third-order valence-corrected chi connectivity index (χ3v) is 4.18. The minimum atomic E-state index is -0.480. The van der Waals surface area contributed by atoms with Crippen LogP contribution < -0.4 is 5.32 Å². The van der Waals surface area contributed by atoms with Crippen LogP contribution in [0.1, 0.15) is 52.9 Å². The third-order valence-electron chi connectivity index (χ3n) is 2.78. The number of esters is 1. The predicted molar refractivity (Wildman–Crippen MR) is 78.2 cm³/mol. The van der Waals surface area contributed by atoms with Gasteiger partial charge in [0.25, 0.3) is 0 Å². The summed E-state index contributed by atoms with van der Waals surface area (Å²) in [6, 6.07) is 0.